The molecule has 2 aliphatic carbocycles. The lowest BCUT2D eigenvalue weighted by Gasteiger charge is -2.36. The minimum atomic E-state index is -0.570. The van der Waals surface area contributed by atoms with Gasteiger partial charge in [-0.1, -0.05) is 18.2 Å². The number of aromatic nitrogens is 1. The van der Waals surface area contributed by atoms with E-state index in [1.54, 1.807) is 24.4 Å². The van der Waals surface area contributed by atoms with Gasteiger partial charge < -0.3 is 15.2 Å². The number of hydrogen-bond acceptors (Lipinski definition) is 6. The van der Waals surface area contributed by atoms with E-state index in [1.807, 2.05) is 31.2 Å². The minimum Gasteiger partial charge on any atom is -0.508 e. The number of carbonyl (C=O) groups is 2. The lowest BCUT2D eigenvalue weighted by Crippen LogP contribution is -2.36. The van der Waals surface area contributed by atoms with Gasteiger partial charge in [0.05, 0.1) is 5.57 Å². The van der Waals surface area contributed by atoms with Crippen LogP contribution in [0.15, 0.2) is 71.2 Å². The fourth-order valence-electron chi connectivity index (χ4n) is 5.39. The van der Waals surface area contributed by atoms with Crippen LogP contribution in [0.4, 0.5) is 0 Å². The Labute approximate surface area is 193 Å². The number of nitrogens with one attached hydrogen (secondary N) is 1. The zero-order valence-electron chi connectivity index (χ0n) is 18.7. The highest BCUT2D eigenvalue weighted by Gasteiger charge is 2.42. The van der Waals surface area contributed by atoms with Gasteiger partial charge in [-0.3, -0.25) is 9.78 Å². The summed E-state index contributed by atoms with van der Waals surface area (Å²) in [6.07, 6.45) is 6.51. The van der Waals surface area contributed by atoms with Crippen LogP contribution in [0, 0.1) is 0 Å². The average molecular weight is 445 g/mol. The van der Waals surface area contributed by atoms with Crippen molar-refractivity contribution in [3.8, 4) is 5.75 Å². The SMILES string of the molecule is CC1=C(C(=O)OC2CCCC2)C(c2cccc(O)c2)C2=C(CC(c3ccccn3)CC2=O)N1. The number of ketones is 1. The summed E-state index contributed by atoms with van der Waals surface area (Å²) < 4.78 is 5.87. The predicted molar refractivity (Wildman–Crippen MR) is 123 cm³/mol. The average Bonchev–Trinajstić information content (AvgIpc) is 3.31. The van der Waals surface area contributed by atoms with Crippen molar-refractivity contribution in [2.75, 3.05) is 0 Å². The first-order chi connectivity index (χ1) is 16.0. The van der Waals surface area contributed by atoms with E-state index < -0.39 is 5.92 Å². The molecular formula is C27H28N2O4. The third kappa shape index (κ3) is 4.17. The molecule has 170 valence electrons. The van der Waals surface area contributed by atoms with Gasteiger partial charge in [0, 0.05) is 47.1 Å². The molecule has 0 bridgehead atoms. The maximum atomic E-state index is 13.5. The quantitative estimate of drug-likeness (QED) is 0.668. The van der Waals surface area contributed by atoms with E-state index in [0.717, 1.165) is 37.1 Å². The standard InChI is InChI=1S/C27H28N2O4/c1-16-24(27(32)33-20-9-2-3-10-20)25(17-7-6-8-19(30)13-17)26-22(29-16)14-18(15-23(26)31)21-11-4-5-12-28-21/h4-8,11-13,18,20,25,29-30H,2-3,9-10,14-15H2,1H3. The van der Waals surface area contributed by atoms with E-state index in [4.69, 9.17) is 4.74 Å². The fourth-order valence-corrected chi connectivity index (χ4v) is 5.39. The number of benzene rings is 1. The molecule has 0 amide bonds. The Morgan fingerprint density at radius 1 is 1.12 bits per heavy atom. The molecule has 3 aliphatic rings. The minimum absolute atomic E-state index is 0.00795. The Hall–Kier alpha value is -3.41. The van der Waals surface area contributed by atoms with E-state index in [-0.39, 0.29) is 29.5 Å². The Balaban J connectivity index is 1.55. The lowest BCUT2D eigenvalue weighted by molar-refractivity contribution is -0.144. The lowest BCUT2D eigenvalue weighted by atomic mass is 9.72. The van der Waals surface area contributed by atoms with Gasteiger partial charge in [0.25, 0.3) is 0 Å². The maximum Gasteiger partial charge on any atom is 0.337 e. The molecule has 1 aromatic heterocycles. The molecule has 1 aromatic carbocycles. The molecule has 6 heteroatoms. The Morgan fingerprint density at radius 2 is 1.94 bits per heavy atom. The van der Waals surface area contributed by atoms with Gasteiger partial charge in [-0.25, -0.2) is 4.79 Å². The molecule has 2 heterocycles. The third-order valence-electron chi connectivity index (χ3n) is 6.93. The Bertz CT molecular complexity index is 1150. The fraction of sp³-hybridized carbons (Fsp3) is 0.370. The number of aromatic hydroxyl groups is 1. The van der Waals surface area contributed by atoms with Crippen molar-refractivity contribution in [3.63, 3.8) is 0 Å². The van der Waals surface area contributed by atoms with Crippen LogP contribution in [0.2, 0.25) is 0 Å². The second-order valence-electron chi connectivity index (χ2n) is 9.18. The van der Waals surface area contributed by atoms with Crippen molar-refractivity contribution >= 4 is 11.8 Å². The summed E-state index contributed by atoms with van der Waals surface area (Å²) in [7, 11) is 0. The highest BCUT2D eigenvalue weighted by molar-refractivity contribution is 6.04. The van der Waals surface area contributed by atoms with Gasteiger partial charge in [0.2, 0.25) is 0 Å². The van der Waals surface area contributed by atoms with Gasteiger partial charge >= 0.3 is 5.97 Å². The number of dihydropyridines is 1. The molecule has 0 spiro atoms. The van der Waals surface area contributed by atoms with Crippen LogP contribution in [0.1, 0.15) is 68.5 Å². The zero-order valence-corrected chi connectivity index (χ0v) is 18.7. The normalized spacial score (nSPS) is 23.4. The first-order valence-electron chi connectivity index (χ1n) is 11.7. The zero-order chi connectivity index (χ0) is 22.9. The van der Waals surface area contributed by atoms with Crippen LogP contribution in [0.5, 0.6) is 5.75 Å². The number of rotatable bonds is 4. The molecule has 0 saturated heterocycles. The van der Waals surface area contributed by atoms with E-state index >= 15 is 0 Å². The summed E-state index contributed by atoms with van der Waals surface area (Å²) in [6.45, 7) is 1.86. The number of phenolic OH excluding ortho intramolecular Hbond substituents is 1. The van der Waals surface area contributed by atoms with E-state index in [0.29, 0.717) is 35.2 Å². The van der Waals surface area contributed by atoms with E-state index in [9.17, 15) is 14.7 Å². The third-order valence-corrected chi connectivity index (χ3v) is 6.93. The number of ether oxygens (including phenoxy) is 1. The van der Waals surface area contributed by atoms with Crippen LogP contribution < -0.4 is 5.32 Å². The molecule has 2 N–H and O–H groups in total. The van der Waals surface area contributed by atoms with Gasteiger partial charge in [-0.2, -0.15) is 0 Å². The number of phenols is 1. The van der Waals surface area contributed by atoms with Crippen LogP contribution >= 0.6 is 0 Å². The van der Waals surface area contributed by atoms with Gasteiger partial charge in [0.1, 0.15) is 11.9 Å². The van der Waals surface area contributed by atoms with Crippen molar-refractivity contribution in [1.29, 1.82) is 0 Å². The van der Waals surface area contributed by atoms with Crippen LogP contribution in [-0.2, 0) is 14.3 Å². The summed E-state index contributed by atoms with van der Waals surface area (Å²) in [6, 6.07) is 12.6. The van der Waals surface area contributed by atoms with Gasteiger partial charge in [0.15, 0.2) is 5.78 Å². The van der Waals surface area contributed by atoms with Gasteiger partial charge in [-0.15, -0.1) is 0 Å². The smallest absolute Gasteiger partial charge is 0.337 e. The van der Waals surface area contributed by atoms with Crippen molar-refractivity contribution in [2.45, 2.75) is 63.4 Å². The number of allylic oxidation sites excluding steroid dienone is 3. The Kier molecular flexibility index (Phi) is 5.75. The van der Waals surface area contributed by atoms with E-state index in [2.05, 4.69) is 10.3 Å². The van der Waals surface area contributed by atoms with Crippen LogP contribution in [0.3, 0.4) is 0 Å². The molecule has 0 radical (unpaired) electrons. The number of esters is 1. The first kappa shape index (κ1) is 21.4. The predicted octanol–water partition coefficient (Wildman–Crippen LogP) is 4.63. The maximum absolute atomic E-state index is 13.5. The van der Waals surface area contributed by atoms with Crippen molar-refractivity contribution < 1.29 is 19.4 Å². The number of carbonyl (C=O) groups excluding carboxylic acids is 2. The van der Waals surface area contributed by atoms with Crippen molar-refractivity contribution in [3.05, 3.63) is 82.5 Å². The summed E-state index contributed by atoms with van der Waals surface area (Å²) in [5.41, 5.74) is 4.17. The molecule has 1 aliphatic heterocycles. The van der Waals surface area contributed by atoms with Crippen LogP contribution in [0.25, 0.3) is 0 Å². The molecule has 33 heavy (non-hydrogen) atoms. The molecule has 1 fully saturated rings. The summed E-state index contributed by atoms with van der Waals surface area (Å²) in [5, 5.41) is 13.5. The molecule has 2 unspecified atom stereocenters. The molecule has 2 aromatic rings. The van der Waals surface area contributed by atoms with Crippen molar-refractivity contribution in [2.24, 2.45) is 0 Å². The van der Waals surface area contributed by atoms with Gasteiger partial charge in [-0.05, 0) is 68.9 Å². The van der Waals surface area contributed by atoms with Crippen LogP contribution in [-0.4, -0.2) is 27.9 Å². The largest absolute Gasteiger partial charge is 0.508 e. The highest BCUT2D eigenvalue weighted by atomic mass is 16.5. The molecule has 5 rings (SSSR count). The number of nitrogens with zero attached hydrogens (tertiary/aromatic N) is 1. The second kappa shape index (κ2) is 8.85. The van der Waals surface area contributed by atoms with Crippen molar-refractivity contribution in [1.82, 2.24) is 10.3 Å². The summed E-state index contributed by atoms with van der Waals surface area (Å²) in [4.78, 5) is 31.4. The topological polar surface area (TPSA) is 88.5 Å². The monoisotopic (exact) mass is 444 g/mol. The number of Topliss-reactive ketones (excluding diaryl/α,β-unsaturated/α-hetero) is 1. The number of pyridine rings is 1. The Morgan fingerprint density at radius 3 is 2.67 bits per heavy atom. The second-order valence-corrected chi connectivity index (χ2v) is 9.18. The molecule has 1 saturated carbocycles. The molecule has 2 atom stereocenters. The summed E-state index contributed by atoms with van der Waals surface area (Å²) in [5.74, 6) is -0.879. The molecule has 6 nitrogen and oxygen atoms in total. The molecular weight excluding hydrogens is 416 g/mol. The summed E-state index contributed by atoms with van der Waals surface area (Å²) >= 11 is 0. The van der Waals surface area contributed by atoms with E-state index in [1.165, 1.54) is 0 Å². The highest BCUT2D eigenvalue weighted by Crippen LogP contribution is 2.46. The first-order valence-corrected chi connectivity index (χ1v) is 11.7. The number of hydrogen-bond donors (Lipinski definition) is 2.